The Morgan fingerprint density at radius 2 is 1.89 bits per heavy atom. The maximum atomic E-state index is 4.76. The summed E-state index contributed by atoms with van der Waals surface area (Å²) in [6.07, 6.45) is 5.32. The number of rotatable bonds is 6. The summed E-state index contributed by atoms with van der Waals surface area (Å²) in [6.45, 7) is 12.8. The molecule has 1 heterocycles. The van der Waals surface area contributed by atoms with Crippen LogP contribution in [0.3, 0.4) is 0 Å². The van der Waals surface area contributed by atoms with Crippen LogP contribution < -0.4 is 5.32 Å². The fourth-order valence-electron chi connectivity index (χ4n) is 1.80. The highest BCUT2D eigenvalue weighted by Crippen LogP contribution is 2.19. The molecule has 0 unspecified atom stereocenters. The third-order valence-electron chi connectivity index (χ3n) is 2.85. The number of hydrogen-bond donors (Lipinski definition) is 1. The smallest absolute Gasteiger partial charge is 0.133 e. The van der Waals surface area contributed by atoms with Crippen molar-refractivity contribution >= 4 is 0 Å². The second-order valence-electron chi connectivity index (χ2n) is 5.84. The Labute approximate surface area is 111 Å². The van der Waals surface area contributed by atoms with Crippen molar-refractivity contribution in [2.75, 3.05) is 6.54 Å². The fraction of sp³-hybridized carbons (Fsp3) is 0.733. The predicted molar refractivity (Wildman–Crippen MR) is 76.7 cm³/mol. The lowest BCUT2D eigenvalue weighted by Gasteiger charge is -2.18. The van der Waals surface area contributed by atoms with E-state index in [4.69, 9.17) is 4.98 Å². The van der Waals surface area contributed by atoms with Gasteiger partial charge in [-0.1, -0.05) is 41.0 Å². The standard InChI is InChI=1S/C15H27N3/c1-6-8-13-12(10-16-9-7-2)11-17-14(18-13)15(3,4)5/h11,16H,6-10H2,1-5H3. The number of nitrogens with one attached hydrogen (secondary N) is 1. The molecule has 102 valence electrons. The van der Waals surface area contributed by atoms with E-state index in [0.717, 1.165) is 38.2 Å². The molecule has 0 aliphatic rings. The summed E-state index contributed by atoms with van der Waals surface area (Å²) >= 11 is 0. The van der Waals surface area contributed by atoms with Crippen molar-refractivity contribution in [3.05, 3.63) is 23.3 Å². The fourth-order valence-corrected chi connectivity index (χ4v) is 1.80. The van der Waals surface area contributed by atoms with Gasteiger partial charge in [0.15, 0.2) is 0 Å². The van der Waals surface area contributed by atoms with E-state index in [1.807, 2.05) is 6.20 Å². The third kappa shape index (κ3) is 4.37. The largest absolute Gasteiger partial charge is 0.313 e. The van der Waals surface area contributed by atoms with E-state index >= 15 is 0 Å². The zero-order chi connectivity index (χ0) is 13.6. The highest BCUT2D eigenvalue weighted by Gasteiger charge is 2.18. The van der Waals surface area contributed by atoms with E-state index in [1.54, 1.807) is 0 Å². The Morgan fingerprint density at radius 1 is 1.17 bits per heavy atom. The highest BCUT2D eigenvalue weighted by molar-refractivity contribution is 5.20. The minimum absolute atomic E-state index is 0.0257. The monoisotopic (exact) mass is 249 g/mol. The first-order valence-corrected chi connectivity index (χ1v) is 7.05. The van der Waals surface area contributed by atoms with E-state index in [1.165, 1.54) is 11.3 Å². The molecule has 0 aromatic carbocycles. The van der Waals surface area contributed by atoms with Crippen LogP contribution in [0.5, 0.6) is 0 Å². The maximum Gasteiger partial charge on any atom is 0.133 e. The van der Waals surface area contributed by atoms with Gasteiger partial charge in [-0.05, 0) is 19.4 Å². The molecule has 3 nitrogen and oxygen atoms in total. The Bertz CT molecular complexity index is 366. The summed E-state index contributed by atoms with van der Waals surface area (Å²) in [4.78, 5) is 9.28. The van der Waals surface area contributed by atoms with Gasteiger partial charge in [-0.25, -0.2) is 9.97 Å². The molecule has 0 fully saturated rings. The summed E-state index contributed by atoms with van der Waals surface area (Å²) in [5.41, 5.74) is 2.48. The van der Waals surface area contributed by atoms with Gasteiger partial charge in [0, 0.05) is 29.4 Å². The number of aromatic nitrogens is 2. The van der Waals surface area contributed by atoms with Gasteiger partial charge in [0.2, 0.25) is 0 Å². The minimum Gasteiger partial charge on any atom is -0.313 e. The molecule has 18 heavy (non-hydrogen) atoms. The number of nitrogens with zero attached hydrogens (tertiary/aromatic N) is 2. The lowest BCUT2D eigenvalue weighted by molar-refractivity contribution is 0.537. The highest BCUT2D eigenvalue weighted by atomic mass is 14.9. The van der Waals surface area contributed by atoms with Gasteiger partial charge in [0.25, 0.3) is 0 Å². The molecule has 3 heteroatoms. The molecule has 0 amide bonds. The van der Waals surface area contributed by atoms with Crippen LogP contribution in [0.2, 0.25) is 0 Å². The van der Waals surface area contributed by atoms with Gasteiger partial charge in [-0.2, -0.15) is 0 Å². The molecule has 0 spiro atoms. The molecule has 0 bridgehead atoms. The van der Waals surface area contributed by atoms with Crippen LogP contribution in [-0.2, 0) is 18.4 Å². The molecule has 0 radical (unpaired) electrons. The van der Waals surface area contributed by atoms with E-state index in [-0.39, 0.29) is 5.41 Å². The average molecular weight is 249 g/mol. The normalized spacial score (nSPS) is 11.8. The van der Waals surface area contributed by atoms with Crippen molar-refractivity contribution in [2.24, 2.45) is 0 Å². The molecule has 1 rings (SSSR count). The molecular weight excluding hydrogens is 222 g/mol. The zero-order valence-corrected chi connectivity index (χ0v) is 12.5. The van der Waals surface area contributed by atoms with Crippen molar-refractivity contribution in [2.45, 2.75) is 65.8 Å². The van der Waals surface area contributed by atoms with Gasteiger partial charge >= 0.3 is 0 Å². The summed E-state index contributed by atoms with van der Waals surface area (Å²) in [6, 6.07) is 0. The second kappa shape index (κ2) is 6.83. The Hall–Kier alpha value is -0.960. The van der Waals surface area contributed by atoms with Crippen LogP contribution >= 0.6 is 0 Å². The molecule has 0 saturated heterocycles. The first kappa shape index (κ1) is 15.1. The third-order valence-corrected chi connectivity index (χ3v) is 2.85. The second-order valence-corrected chi connectivity index (χ2v) is 5.84. The van der Waals surface area contributed by atoms with E-state index < -0.39 is 0 Å². The van der Waals surface area contributed by atoms with Gasteiger partial charge < -0.3 is 5.32 Å². The van der Waals surface area contributed by atoms with Crippen molar-refractivity contribution in [3.63, 3.8) is 0 Å². The summed E-state index contributed by atoms with van der Waals surface area (Å²) in [5.74, 6) is 0.949. The molecule has 0 atom stereocenters. The number of hydrogen-bond acceptors (Lipinski definition) is 3. The van der Waals surface area contributed by atoms with Crippen LogP contribution in [-0.4, -0.2) is 16.5 Å². The van der Waals surface area contributed by atoms with E-state index in [9.17, 15) is 0 Å². The molecule has 1 aromatic rings. The zero-order valence-electron chi connectivity index (χ0n) is 12.5. The SMILES string of the molecule is CCCNCc1cnc(C(C)(C)C)nc1CCC. The molecule has 1 aromatic heterocycles. The van der Waals surface area contributed by atoms with Crippen LogP contribution in [0.25, 0.3) is 0 Å². The summed E-state index contributed by atoms with van der Waals surface area (Å²) in [7, 11) is 0. The maximum absolute atomic E-state index is 4.76. The first-order chi connectivity index (χ1) is 8.49. The average Bonchev–Trinajstić information content (AvgIpc) is 2.30. The van der Waals surface area contributed by atoms with E-state index in [0.29, 0.717) is 0 Å². The first-order valence-electron chi connectivity index (χ1n) is 7.05. The van der Waals surface area contributed by atoms with Crippen molar-refractivity contribution in [1.82, 2.24) is 15.3 Å². The van der Waals surface area contributed by atoms with Gasteiger partial charge in [-0.3, -0.25) is 0 Å². The molecule has 0 saturated carbocycles. The topological polar surface area (TPSA) is 37.8 Å². The van der Waals surface area contributed by atoms with Crippen LogP contribution in [0.4, 0.5) is 0 Å². The Kier molecular flexibility index (Phi) is 5.73. The Morgan fingerprint density at radius 3 is 2.44 bits per heavy atom. The summed E-state index contributed by atoms with van der Waals surface area (Å²) in [5, 5.41) is 3.43. The van der Waals surface area contributed by atoms with Crippen LogP contribution in [0.15, 0.2) is 6.20 Å². The molecule has 1 N–H and O–H groups in total. The summed E-state index contributed by atoms with van der Waals surface area (Å²) < 4.78 is 0. The van der Waals surface area contributed by atoms with Gasteiger partial charge in [-0.15, -0.1) is 0 Å². The lowest BCUT2D eigenvalue weighted by Crippen LogP contribution is -2.20. The lowest BCUT2D eigenvalue weighted by atomic mass is 9.95. The molecular formula is C15H27N3. The predicted octanol–water partition coefficient (Wildman–Crippen LogP) is 3.23. The molecule has 0 aliphatic carbocycles. The number of aryl methyl sites for hydroxylation is 1. The van der Waals surface area contributed by atoms with Gasteiger partial charge in [0.05, 0.1) is 0 Å². The van der Waals surface area contributed by atoms with Crippen molar-refractivity contribution < 1.29 is 0 Å². The Balaban J connectivity index is 2.90. The minimum atomic E-state index is 0.0257. The van der Waals surface area contributed by atoms with E-state index in [2.05, 4.69) is 44.9 Å². The van der Waals surface area contributed by atoms with Crippen molar-refractivity contribution in [1.29, 1.82) is 0 Å². The molecule has 0 aliphatic heterocycles. The van der Waals surface area contributed by atoms with Crippen LogP contribution in [0, 0.1) is 0 Å². The van der Waals surface area contributed by atoms with Crippen LogP contribution in [0.1, 0.15) is 64.5 Å². The van der Waals surface area contributed by atoms with Gasteiger partial charge in [0.1, 0.15) is 5.82 Å². The van der Waals surface area contributed by atoms with Crippen molar-refractivity contribution in [3.8, 4) is 0 Å². The quantitative estimate of drug-likeness (QED) is 0.787.